The Morgan fingerprint density at radius 2 is 1.89 bits per heavy atom. The number of anilines is 1. The maximum Gasteiger partial charge on any atom is 0.248 e. The predicted octanol–water partition coefficient (Wildman–Crippen LogP) is 5.53. The number of carbonyl (C=O) groups excluding carboxylic acids is 2. The molecule has 1 unspecified atom stereocenters. The summed E-state index contributed by atoms with van der Waals surface area (Å²) in [6.45, 7) is 2.35. The molecular weight excluding hydrogens is 460 g/mol. The molecule has 1 atom stereocenters. The predicted molar refractivity (Wildman–Crippen MR) is 139 cm³/mol. The third-order valence-electron chi connectivity index (χ3n) is 6.22. The van der Waals surface area contributed by atoms with E-state index in [0.29, 0.717) is 29.4 Å². The van der Waals surface area contributed by atoms with E-state index in [9.17, 15) is 9.59 Å². The molecule has 3 aromatic rings. The van der Waals surface area contributed by atoms with Crippen molar-refractivity contribution < 1.29 is 19.1 Å². The fourth-order valence-electron chi connectivity index (χ4n) is 4.58. The van der Waals surface area contributed by atoms with Crippen LogP contribution in [0, 0.1) is 0 Å². The normalized spacial score (nSPS) is 14.3. The molecule has 35 heavy (non-hydrogen) atoms. The van der Waals surface area contributed by atoms with Crippen molar-refractivity contribution in [1.29, 1.82) is 0 Å². The maximum atomic E-state index is 13.9. The monoisotopic (exact) mass is 492 g/mol. The molecule has 6 nitrogen and oxygen atoms in total. The Labute approximate surface area is 210 Å². The van der Waals surface area contributed by atoms with Crippen molar-refractivity contribution >= 4 is 28.8 Å². The molecule has 2 amide bonds. The van der Waals surface area contributed by atoms with Gasteiger partial charge in [-0.25, -0.2) is 0 Å². The van der Waals surface area contributed by atoms with Crippen molar-refractivity contribution in [3.8, 4) is 11.5 Å². The van der Waals surface area contributed by atoms with Crippen LogP contribution in [0.4, 0.5) is 5.69 Å². The summed E-state index contributed by atoms with van der Waals surface area (Å²) in [5.41, 5.74) is 1.26. The number of hydrogen-bond acceptors (Lipinski definition) is 5. The van der Waals surface area contributed by atoms with Gasteiger partial charge in [-0.1, -0.05) is 43.2 Å². The first kappa shape index (κ1) is 24.8. The van der Waals surface area contributed by atoms with Gasteiger partial charge in [-0.2, -0.15) is 0 Å². The lowest BCUT2D eigenvalue weighted by molar-refractivity contribution is -0.127. The summed E-state index contributed by atoms with van der Waals surface area (Å²) in [7, 11) is 1.59. The minimum atomic E-state index is -0.875. The fraction of sp³-hybridized carbons (Fsp3) is 0.357. The van der Waals surface area contributed by atoms with Crippen LogP contribution < -0.4 is 19.7 Å². The van der Waals surface area contributed by atoms with Gasteiger partial charge in [0, 0.05) is 10.9 Å². The van der Waals surface area contributed by atoms with E-state index in [1.165, 1.54) is 11.3 Å². The fourth-order valence-corrected chi connectivity index (χ4v) is 5.27. The number of nitrogens with zero attached hydrogens (tertiary/aromatic N) is 1. The Morgan fingerprint density at radius 1 is 1.09 bits per heavy atom. The number of amides is 2. The highest BCUT2D eigenvalue weighted by Crippen LogP contribution is 2.37. The molecule has 0 aliphatic heterocycles. The first-order valence-corrected chi connectivity index (χ1v) is 13.0. The minimum Gasteiger partial charge on any atom is -0.497 e. The van der Waals surface area contributed by atoms with Crippen LogP contribution in [0.5, 0.6) is 11.5 Å². The van der Waals surface area contributed by atoms with Gasteiger partial charge in [0.2, 0.25) is 11.8 Å². The van der Waals surface area contributed by atoms with Crippen molar-refractivity contribution in [3.63, 3.8) is 0 Å². The lowest BCUT2D eigenvalue weighted by Gasteiger charge is -2.33. The van der Waals surface area contributed by atoms with Gasteiger partial charge in [-0.15, -0.1) is 11.3 Å². The SMILES string of the molecule is CCOc1ccccc1N(C(=O)Cc1cccs1)C(C(=O)NC1CCCC1)c1cccc(OC)c1. The van der Waals surface area contributed by atoms with Crippen LogP contribution in [0.15, 0.2) is 66.0 Å². The van der Waals surface area contributed by atoms with Gasteiger partial charge in [-0.05, 0) is 61.0 Å². The van der Waals surface area contributed by atoms with Crippen LogP contribution in [0.3, 0.4) is 0 Å². The molecular formula is C28H32N2O4S. The van der Waals surface area contributed by atoms with E-state index >= 15 is 0 Å². The second-order valence-electron chi connectivity index (χ2n) is 8.59. The Morgan fingerprint density at radius 3 is 2.60 bits per heavy atom. The lowest BCUT2D eigenvalue weighted by Crippen LogP contribution is -2.47. The first-order chi connectivity index (χ1) is 17.1. The summed E-state index contributed by atoms with van der Waals surface area (Å²) in [5.74, 6) is 0.825. The summed E-state index contributed by atoms with van der Waals surface area (Å²) >= 11 is 1.53. The number of para-hydroxylation sites is 2. The highest BCUT2D eigenvalue weighted by atomic mass is 32.1. The second kappa shape index (κ2) is 11.9. The van der Waals surface area contributed by atoms with Crippen molar-refractivity contribution in [2.45, 2.75) is 51.1 Å². The molecule has 7 heteroatoms. The van der Waals surface area contributed by atoms with E-state index in [-0.39, 0.29) is 24.3 Å². The van der Waals surface area contributed by atoms with E-state index in [4.69, 9.17) is 9.47 Å². The quantitative estimate of drug-likeness (QED) is 0.404. The molecule has 1 aliphatic rings. The molecule has 1 aromatic heterocycles. The molecule has 1 fully saturated rings. The number of ether oxygens (including phenoxy) is 2. The number of thiophene rings is 1. The Bertz CT molecular complexity index is 1130. The number of rotatable bonds is 10. The third-order valence-corrected chi connectivity index (χ3v) is 7.09. The topological polar surface area (TPSA) is 67.9 Å². The Hall–Kier alpha value is -3.32. The molecule has 184 valence electrons. The number of benzene rings is 2. The largest absolute Gasteiger partial charge is 0.497 e. The highest BCUT2D eigenvalue weighted by Gasteiger charge is 2.36. The summed E-state index contributed by atoms with van der Waals surface area (Å²) in [6, 6.07) is 17.9. The molecule has 1 N–H and O–H groups in total. The second-order valence-corrected chi connectivity index (χ2v) is 9.62. The maximum absolute atomic E-state index is 13.9. The molecule has 0 spiro atoms. The van der Waals surface area contributed by atoms with Gasteiger partial charge in [0.05, 0.1) is 25.8 Å². The molecule has 1 saturated carbocycles. The minimum absolute atomic E-state index is 0.118. The number of hydrogen-bond donors (Lipinski definition) is 1. The standard InChI is InChI=1S/C28H32N2O4S/c1-3-34-25-16-7-6-15-24(25)30(26(31)19-23-14-9-17-35-23)27(20-10-8-13-22(18-20)33-2)28(32)29-21-11-4-5-12-21/h6-10,13-18,21,27H,3-5,11-12,19H2,1-2H3,(H,29,32). The number of carbonyl (C=O) groups is 2. The number of nitrogens with one attached hydrogen (secondary N) is 1. The average Bonchev–Trinajstić information content (AvgIpc) is 3.57. The van der Waals surface area contributed by atoms with Gasteiger partial charge >= 0.3 is 0 Å². The molecule has 0 bridgehead atoms. The van der Waals surface area contributed by atoms with Gasteiger partial charge in [0.15, 0.2) is 0 Å². The van der Waals surface area contributed by atoms with E-state index < -0.39 is 6.04 Å². The van der Waals surface area contributed by atoms with Gasteiger partial charge in [-0.3, -0.25) is 14.5 Å². The zero-order valence-corrected chi connectivity index (χ0v) is 21.1. The van der Waals surface area contributed by atoms with E-state index in [1.54, 1.807) is 12.0 Å². The highest BCUT2D eigenvalue weighted by molar-refractivity contribution is 7.10. The van der Waals surface area contributed by atoms with E-state index in [0.717, 1.165) is 30.6 Å². The zero-order chi connectivity index (χ0) is 24.6. The average molecular weight is 493 g/mol. The summed E-state index contributed by atoms with van der Waals surface area (Å²) in [4.78, 5) is 30.4. The van der Waals surface area contributed by atoms with Crippen LogP contribution in [0.25, 0.3) is 0 Å². The molecule has 1 heterocycles. The lowest BCUT2D eigenvalue weighted by atomic mass is 10.0. The Balaban J connectivity index is 1.82. The van der Waals surface area contributed by atoms with Gasteiger partial charge in [0.1, 0.15) is 17.5 Å². The van der Waals surface area contributed by atoms with Crippen molar-refractivity contribution in [2.24, 2.45) is 0 Å². The number of methoxy groups -OCH3 is 1. The van der Waals surface area contributed by atoms with Crippen LogP contribution in [0.1, 0.15) is 49.1 Å². The smallest absolute Gasteiger partial charge is 0.248 e. The zero-order valence-electron chi connectivity index (χ0n) is 20.2. The van der Waals surface area contributed by atoms with Gasteiger partial charge < -0.3 is 14.8 Å². The molecule has 0 saturated heterocycles. The van der Waals surface area contributed by atoms with Crippen LogP contribution >= 0.6 is 11.3 Å². The van der Waals surface area contributed by atoms with Crippen LogP contribution in [0.2, 0.25) is 0 Å². The summed E-state index contributed by atoms with van der Waals surface area (Å²) < 4.78 is 11.4. The molecule has 4 rings (SSSR count). The van der Waals surface area contributed by atoms with E-state index in [2.05, 4.69) is 5.32 Å². The summed E-state index contributed by atoms with van der Waals surface area (Å²) in [6.07, 6.45) is 4.30. The molecule has 2 aromatic carbocycles. The van der Waals surface area contributed by atoms with Crippen LogP contribution in [-0.4, -0.2) is 31.6 Å². The van der Waals surface area contributed by atoms with Crippen molar-refractivity contribution in [3.05, 3.63) is 76.5 Å². The Kier molecular flexibility index (Phi) is 8.42. The summed E-state index contributed by atoms with van der Waals surface area (Å²) in [5, 5.41) is 5.17. The van der Waals surface area contributed by atoms with E-state index in [1.807, 2.05) is 73.0 Å². The molecule has 1 aliphatic carbocycles. The van der Waals surface area contributed by atoms with Crippen LogP contribution in [-0.2, 0) is 16.0 Å². The first-order valence-electron chi connectivity index (χ1n) is 12.1. The third kappa shape index (κ3) is 6.03. The van der Waals surface area contributed by atoms with Gasteiger partial charge in [0.25, 0.3) is 0 Å². The molecule has 0 radical (unpaired) electrons. The van der Waals surface area contributed by atoms with Crippen molar-refractivity contribution in [2.75, 3.05) is 18.6 Å². The van der Waals surface area contributed by atoms with Crippen molar-refractivity contribution in [1.82, 2.24) is 5.32 Å².